The number of hydrogen-bond donors (Lipinski definition) is 2. The quantitative estimate of drug-likeness (QED) is 0.334. The first-order valence-electron chi connectivity index (χ1n) is 11.9. The van der Waals surface area contributed by atoms with Gasteiger partial charge < -0.3 is 15.7 Å². The van der Waals surface area contributed by atoms with Gasteiger partial charge in [-0.25, -0.2) is 4.79 Å². The number of rotatable bonds is 8. The first-order chi connectivity index (χ1) is 17.2. The van der Waals surface area contributed by atoms with Crippen LogP contribution in [0.15, 0.2) is 60.8 Å². The number of anilines is 2. The standard InChI is InChI=1S/C27H29F3N4O2.Na.H/c28-27(29,30)21-4-3-5-22(18-21)34-16-14-33(15-17-34)13-2-1-6-24-25(31)23(11-12-32-24)19-7-9-20(10-8-19)26(35)36;;/h3-5,7-12,18H,1-2,6,13-17,31H2,(H,35,36);;. The predicted octanol–water partition coefficient (Wildman–Crippen LogP) is 4.54. The number of carbonyl (C=O) groups is 1. The van der Waals surface area contributed by atoms with Crippen molar-refractivity contribution in [1.82, 2.24) is 9.88 Å². The Balaban J connectivity index is 0.00000380. The third-order valence-corrected chi connectivity index (χ3v) is 6.56. The number of nitrogen functional groups attached to an aromatic ring is 1. The van der Waals surface area contributed by atoms with Gasteiger partial charge in [-0.05, 0) is 67.8 Å². The molecular formula is C27H30F3N4NaO2. The number of nitrogens with zero attached hydrogens (tertiary/aromatic N) is 3. The van der Waals surface area contributed by atoms with E-state index in [1.807, 2.05) is 11.0 Å². The number of carboxylic acid groups (broad SMARTS) is 1. The molecule has 2 aromatic carbocycles. The van der Waals surface area contributed by atoms with Gasteiger partial charge in [-0.3, -0.25) is 9.88 Å². The molecule has 0 unspecified atom stereocenters. The van der Waals surface area contributed by atoms with Gasteiger partial charge in [-0.1, -0.05) is 18.2 Å². The zero-order valence-electron chi connectivity index (χ0n) is 19.8. The average Bonchev–Trinajstić information content (AvgIpc) is 2.87. The van der Waals surface area contributed by atoms with Crippen LogP contribution in [0.3, 0.4) is 0 Å². The number of aryl methyl sites for hydroxylation is 1. The van der Waals surface area contributed by atoms with Crippen LogP contribution >= 0.6 is 0 Å². The van der Waals surface area contributed by atoms with Gasteiger partial charge in [0, 0.05) is 43.6 Å². The van der Waals surface area contributed by atoms with Crippen LogP contribution in [-0.2, 0) is 12.6 Å². The molecule has 1 aromatic heterocycles. The van der Waals surface area contributed by atoms with Crippen molar-refractivity contribution in [3.05, 3.63) is 77.6 Å². The van der Waals surface area contributed by atoms with Gasteiger partial charge in [0.25, 0.3) is 0 Å². The Morgan fingerprint density at radius 3 is 2.35 bits per heavy atom. The first-order valence-corrected chi connectivity index (χ1v) is 11.9. The summed E-state index contributed by atoms with van der Waals surface area (Å²) in [6.07, 6.45) is -0.00847. The van der Waals surface area contributed by atoms with Crippen LogP contribution in [0.25, 0.3) is 11.1 Å². The molecule has 2 heterocycles. The second-order valence-corrected chi connectivity index (χ2v) is 8.94. The van der Waals surface area contributed by atoms with Crippen LogP contribution < -0.4 is 10.6 Å². The van der Waals surface area contributed by atoms with Crippen LogP contribution in [0, 0.1) is 0 Å². The summed E-state index contributed by atoms with van der Waals surface area (Å²) in [6, 6.07) is 14.0. The molecule has 0 spiro atoms. The molecule has 3 N–H and O–H groups in total. The van der Waals surface area contributed by atoms with Crippen molar-refractivity contribution in [2.75, 3.05) is 43.4 Å². The fourth-order valence-corrected chi connectivity index (χ4v) is 4.50. The van der Waals surface area contributed by atoms with Crippen LogP contribution in [0.5, 0.6) is 0 Å². The first kappa shape index (κ1) is 29.0. The van der Waals surface area contributed by atoms with Crippen molar-refractivity contribution in [1.29, 1.82) is 0 Å². The minimum absolute atomic E-state index is 0. The van der Waals surface area contributed by atoms with E-state index in [4.69, 9.17) is 10.8 Å². The van der Waals surface area contributed by atoms with Gasteiger partial charge in [-0.15, -0.1) is 0 Å². The number of aromatic carboxylic acids is 1. The number of hydrogen-bond acceptors (Lipinski definition) is 5. The Bertz CT molecular complexity index is 1200. The molecule has 0 atom stereocenters. The Labute approximate surface area is 236 Å². The molecule has 1 aliphatic heterocycles. The summed E-state index contributed by atoms with van der Waals surface area (Å²) in [5.41, 5.74) is 9.72. The van der Waals surface area contributed by atoms with E-state index in [-0.39, 0.29) is 35.1 Å². The number of alkyl halides is 3. The van der Waals surface area contributed by atoms with Crippen molar-refractivity contribution in [3.63, 3.8) is 0 Å². The van der Waals surface area contributed by atoms with E-state index >= 15 is 0 Å². The molecule has 0 radical (unpaired) electrons. The second-order valence-electron chi connectivity index (χ2n) is 8.94. The van der Waals surface area contributed by atoms with E-state index in [9.17, 15) is 18.0 Å². The minimum atomic E-state index is -4.33. The summed E-state index contributed by atoms with van der Waals surface area (Å²) in [6.45, 7) is 3.90. The molecule has 3 aromatic rings. The van der Waals surface area contributed by atoms with Crippen molar-refractivity contribution < 1.29 is 23.1 Å². The van der Waals surface area contributed by atoms with E-state index < -0.39 is 17.7 Å². The van der Waals surface area contributed by atoms with E-state index in [1.54, 1.807) is 36.5 Å². The third kappa shape index (κ3) is 7.47. The SMILES string of the molecule is Nc1c(-c2ccc(C(=O)O)cc2)ccnc1CCCCN1CCN(c2cccc(C(F)(F)F)c2)CC1.[NaH]. The van der Waals surface area contributed by atoms with Crippen molar-refractivity contribution in [3.8, 4) is 11.1 Å². The molecule has 0 saturated carbocycles. The molecule has 1 fully saturated rings. The molecular weight excluding hydrogens is 492 g/mol. The maximum absolute atomic E-state index is 13.0. The number of aromatic nitrogens is 1. The van der Waals surface area contributed by atoms with Gasteiger partial charge in [-0.2, -0.15) is 13.2 Å². The number of nitrogens with two attached hydrogens (primary N) is 1. The van der Waals surface area contributed by atoms with Crippen LogP contribution in [0.2, 0.25) is 0 Å². The number of piperazine rings is 1. The second kappa shape index (κ2) is 12.8. The van der Waals surface area contributed by atoms with Crippen LogP contribution in [-0.4, -0.2) is 83.2 Å². The predicted molar refractivity (Wildman–Crippen MR) is 141 cm³/mol. The Morgan fingerprint density at radius 1 is 1.00 bits per heavy atom. The Kier molecular flexibility index (Phi) is 10.0. The molecule has 37 heavy (non-hydrogen) atoms. The van der Waals surface area contributed by atoms with Gasteiger partial charge in [0.2, 0.25) is 0 Å². The van der Waals surface area contributed by atoms with E-state index in [0.717, 1.165) is 61.8 Å². The monoisotopic (exact) mass is 522 g/mol. The summed E-state index contributed by atoms with van der Waals surface area (Å²) < 4.78 is 39.0. The maximum atomic E-state index is 13.0. The van der Waals surface area contributed by atoms with E-state index in [1.165, 1.54) is 12.1 Å². The number of carboxylic acids is 1. The third-order valence-electron chi connectivity index (χ3n) is 6.56. The summed E-state index contributed by atoms with van der Waals surface area (Å²) >= 11 is 0. The molecule has 0 aliphatic carbocycles. The van der Waals surface area contributed by atoms with Gasteiger partial charge >= 0.3 is 41.7 Å². The molecule has 1 aliphatic rings. The summed E-state index contributed by atoms with van der Waals surface area (Å²) in [5.74, 6) is -0.970. The average molecular weight is 523 g/mol. The fraction of sp³-hybridized carbons (Fsp3) is 0.333. The molecule has 0 bridgehead atoms. The fourth-order valence-electron chi connectivity index (χ4n) is 4.50. The summed E-state index contributed by atoms with van der Waals surface area (Å²) in [7, 11) is 0. The number of benzene rings is 2. The van der Waals surface area contributed by atoms with E-state index in [0.29, 0.717) is 24.5 Å². The van der Waals surface area contributed by atoms with Crippen molar-refractivity contribution >= 4 is 46.9 Å². The van der Waals surface area contributed by atoms with Gasteiger partial charge in [0.15, 0.2) is 0 Å². The van der Waals surface area contributed by atoms with Crippen LogP contribution in [0.4, 0.5) is 24.5 Å². The van der Waals surface area contributed by atoms with Crippen LogP contribution in [0.1, 0.15) is 34.5 Å². The molecule has 10 heteroatoms. The number of halogens is 3. The van der Waals surface area contributed by atoms with Crippen molar-refractivity contribution in [2.24, 2.45) is 0 Å². The van der Waals surface area contributed by atoms with Crippen molar-refractivity contribution in [2.45, 2.75) is 25.4 Å². The number of unbranched alkanes of at least 4 members (excludes halogenated alkanes) is 1. The normalized spacial score (nSPS) is 14.3. The Hall–Kier alpha value is -2.59. The molecule has 4 rings (SSSR count). The summed E-state index contributed by atoms with van der Waals surface area (Å²) in [4.78, 5) is 19.9. The van der Waals surface area contributed by atoms with Gasteiger partial charge in [0.1, 0.15) is 0 Å². The summed E-state index contributed by atoms with van der Waals surface area (Å²) in [5, 5.41) is 9.08. The zero-order valence-corrected chi connectivity index (χ0v) is 19.8. The van der Waals surface area contributed by atoms with E-state index in [2.05, 4.69) is 9.88 Å². The molecule has 0 amide bonds. The molecule has 6 nitrogen and oxygen atoms in total. The van der Waals surface area contributed by atoms with Gasteiger partial charge in [0.05, 0.1) is 22.5 Å². The topological polar surface area (TPSA) is 82.7 Å². The number of pyridine rings is 1. The molecule has 1 saturated heterocycles. The Morgan fingerprint density at radius 2 is 1.70 bits per heavy atom. The zero-order chi connectivity index (χ0) is 25.7. The molecule has 192 valence electrons.